The molecule has 0 aromatic carbocycles. The maximum atomic E-state index is 10.7. The third-order valence-electron chi connectivity index (χ3n) is 3.12. The van der Waals surface area contributed by atoms with Crippen LogP contribution >= 0.6 is 0 Å². The monoisotopic (exact) mass is 261 g/mol. The van der Waals surface area contributed by atoms with Gasteiger partial charge in [-0.05, 0) is 6.42 Å². The summed E-state index contributed by atoms with van der Waals surface area (Å²) in [5.74, 6) is 0.543. The van der Waals surface area contributed by atoms with E-state index < -0.39 is 4.92 Å². The molecule has 0 radical (unpaired) electrons. The summed E-state index contributed by atoms with van der Waals surface area (Å²) in [5, 5.41) is 23.0. The van der Waals surface area contributed by atoms with Crippen molar-refractivity contribution in [3.63, 3.8) is 0 Å². The largest absolute Gasteiger partial charge is 0.350 e. The molecule has 100 valence electrons. The van der Waals surface area contributed by atoms with Crippen LogP contribution in [0.3, 0.4) is 0 Å². The molecular formula is C12H15N5O2. The van der Waals surface area contributed by atoms with Crippen LogP contribution in [0.25, 0.3) is 0 Å². The van der Waals surface area contributed by atoms with Gasteiger partial charge in [-0.25, -0.2) is 4.98 Å². The number of anilines is 1. The van der Waals surface area contributed by atoms with Gasteiger partial charge in [0, 0.05) is 25.7 Å². The fraction of sp³-hybridized carbons (Fsp3) is 0.500. The molecule has 1 fully saturated rings. The molecule has 0 spiro atoms. The van der Waals surface area contributed by atoms with Crippen LogP contribution in [0.15, 0.2) is 12.3 Å². The summed E-state index contributed by atoms with van der Waals surface area (Å²) < 4.78 is 0. The fourth-order valence-electron chi connectivity index (χ4n) is 2.05. The van der Waals surface area contributed by atoms with E-state index in [1.54, 1.807) is 0 Å². The lowest BCUT2D eigenvalue weighted by molar-refractivity contribution is -0.385. The van der Waals surface area contributed by atoms with Crippen LogP contribution in [-0.4, -0.2) is 35.6 Å². The molecule has 1 aromatic rings. The summed E-state index contributed by atoms with van der Waals surface area (Å²) in [5.41, 5.74) is 0.109. The summed E-state index contributed by atoms with van der Waals surface area (Å²) in [6.45, 7) is 4.54. The van der Waals surface area contributed by atoms with E-state index in [0.29, 0.717) is 11.9 Å². The first-order valence-electron chi connectivity index (χ1n) is 6.19. The number of nitrogens with one attached hydrogen (secondary N) is 1. The summed E-state index contributed by atoms with van der Waals surface area (Å²) in [6.07, 6.45) is 2.14. The molecule has 0 aliphatic carbocycles. The SMILES string of the molecule is CCCN(c1ncc([N+](=O)[O-])cc1C#N)C1CNC1. The molecule has 1 aliphatic heterocycles. The fourth-order valence-corrected chi connectivity index (χ4v) is 2.05. The number of rotatable bonds is 5. The molecule has 19 heavy (non-hydrogen) atoms. The van der Waals surface area contributed by atoms with Crippen molar-refractivity contribution in [3.05, 3.63) is 27.9 Å². The molecule has 1 aliphatic rings. The van der Waals surface area contributed by atoms with E-state index >= 15 is 0 Å². The van der Waals surface area contributed by atoms with Gasteiger partial charge in [-0.15, -0.1) is 0 Å². The summed E-state index contributed by atoms with van der Waals surface area (Å²) in [6, 6.07) is 3.60. The van der Waals surface area contributed by atoms with E-state index in [4.69, 9.17) is 5.26 Å². The first-order valence-corrected chi connectivity index (χ1v) is 6.19. The molecule has 0 bridgehead atoms. The van der Waals surface area contributed by atoms with Crippen LogP contribution in [0.1, 0.15) is 18.9 Å². The third kappa shape index (κ3) is 2.63. The zero-order valence-electron chi connectivity index (χ0n) is 10.7. The Bertz CT molecular complexity index is 521. The molecule has 7 heteroatoms. The van der Waals surface area contributed by atoms with Gasteiger partial charge in [0.25, 0.3) is 5.69 Å². The Morgan fingerprint density at radius 2 is 2.42 bits per heavy atom. The van der Waals surface area contributed by atoms with E-state index in [-0.39, 0.29) is 11.3 Å². The van der Waals surface area contributed by atoms with Gasteiger partial charge >= 0.3 is 0 Å². The van der Waals surface area contributed by atoms with Crippen molar-refractivity contribution in [3.8, 4) is 6.07 Å². The lowest BCUT2D eigenvalue weighted by atomic mass is 10.1. The van der Waals surface area contributed by atoms with Crippen LogP contribution in [0.2, 0.25) is 0 Å². The van der Waals surface area contributed by atoms with Gasteiger partial charge in [-0.1, -0.05) is 6.92 Å². The van der Waals surface area contributed by atoms with Crippen molar-refractivity contribution in [1.29, 1.82) is 5.26 Å². The highest BCUT2D eigenvalue weighted by molar-refractivity contribution is 5.58. The van der Waals surface area contributed by atoms with Gasteiger partial charge in [0.15, 0.2) is 0 Å². The number of pyridine rings is 1. The molecular weight excluding hydrogens is 246 g/mol. The second kappa shape index (κ2) is 5.63. The minimum absolute atomic E-state index is 0.150. The topological polar surface area (TPSA) is 95.1 Å². The zero-order valence-corrected chi connectivity index (χ0v) is 10.7. The highest BCUT2D eigenvalue weighted by Crippen LogP contribution is 2.24. The Hall–Kier alpha value is -2.20. The van der Waals surface area contributed by atoms with Crippen LogP contribution in [0.4, 0.5) is 11.5 Å². The van der Waals surface area contributed by atoms with Gasteiger partial charge in [-0.3, -0.25) is 10.1 Å². The lowest BCUT2D eigenvalue weighted by Crippen LogP contribution is -2.58. The van der Waals surface area contributed by atoms with Crippen LogP contribution in [0.5, 0.6) is 0 Å². The van der Waals surface area contributed by atoms with Gasteiger partial charge in [0.05, 0.1) is 11.0 Å². The molecule has 0 unspecified atom stereocenters. The van der Waals surface area contributed by atoms with Crippen LogP contribution < -0.4 is 10.2 Å². The van der Waals surface area contributed by atoms with Gasteiger partial charge in [0.2, 0.25) is 0 Å². The van der Waals surface area contributed by atoms with Crippen molar-refractivity contribution in [2.24, 2.45) is 0 Å². The number of nitrogens with zero attached hydrogens (tertiary/aromatic N) is 4. The van der Waals surface area contributed by atoms with Crippen molar-refractivity contribution < 1.29 is 4.92 Å². The highest BCUT2D eigenvalue weighted by atomic mass is 16.6. The Balaban J connectivity index is 2.36. The summed E-state index contributed by atoms with van der Waals surface area (Å²) >= 11 is 0. The number of aromatic nitrogens is 1. The van der Waals surface area contributed by atoms with E-state index in [9.17, 15) is 10.1 Å². The standard InChI is InChI=1S/C12H15N5O2/c1-2-3-16(11-6-14-7-11)12-9(5-13)4-10(8-15-12)17(18)19/h4,8,11,14H,2-3,6-7H2,1H3. The molecule has 1 saturated heterocycles. The quantitative estimate of drug-likeness (QED) is 0.628. The number of nitro groups is 1. The number of nitriles is 1. The second-order valence-corrected chi connectivity index (χ2v) is 4.44. The normalized spacial score (nSPS) is 14.5. The molecule has 2 rings (SSSR count). The Kier molecular flexibility index (Phi) is 3.92. The average Bonchev–Trinajstić information content (AvgIpc) is 2.35. The molecule has 1 N–H and O–H groups in total. The first-order chi connectivity index (χ1) is 9.17. The molecule has 2 heterocycles. The minimum Gasteiger partial charge on any atom is -0.350 e. The summed E-state index contributed by atoms with van der Waals surface area (Å²) in [4.78, 5) is 16.4. The maximum Gasteiger partial charge on any atom is 0.289 e. The smallest absolute Gasteiger partial charge is 0.289 e. The predicted molar refractivity (Wildman–Crippen MR) is 69.9 cm³/mol. The number of hydrogen-bond acceptors (Lipinski definition) is 6. The van der Waals surface area contributed by atoms with Gasteiger partial charge < -0.3 is 10.2 Å². The maximum absolute atomic E-state index is 10.7. The first kappa shape index (κ1) is 13.2. The molecule has 7 nitrogen and oxygen atoms in total. The van der Waals surface area contributed by atoms with Crippen LogP contribution in [0, 0.1) is 21.4 Å². The molecule has 0 saturated carbocycles. The van der Waals surface area contributed by atoms with E-state index in [0.717, 1.165) is 26.1 Å². The lowest BCUT2D eigenvalue weighted by Gasteiger charge is -2.39. The van der Waals surface area contributed by atoms with Crippen molar-refractivity contribution >= 4 is 11.5 Å². The molecule has 0 atom stereocenters. The van der Waals surface area contributed by atoms with Crippen molar-refractivity contribution in [1.82, 2.24) is 10.3 Å². The third-order valence-corrected chi connectivity index (χ3v) is 3.12. The minimum atomic E-state index is -0.535. The predicted octanol–water partition coefficient (Wildman–Crippen LogP) is 1.05. The molecule has 1 aromatic heterocycles. The number of hydrogen-bond donors (Lipinski definition) is 1. The van der Waals surface area contributed by atoms with Crippen LogP contribution in [-0.2, 0) is 0 Å². The van der Waals surface area contributed by atoms with E-state index in [2.05, 4.69) is 22.1 Å². The summed E-state index contributed by atoms with van der Waals surface area (Å²) in [7, 11) is 0. The van der Waals surface area contributed by atoms with Crippen molar-refractivity contribution in [2.75, 3.05) is 24.5 Å². The Labute approximate surface area is 111 Å². The average molecular weight is 261 g/mol. The molecule has 0 amide bonds. The Morgan fingerprint density at radius 1 is 1.68 bits per heavy atom. The van der Waals surface area contributed by atoms with Gasteiger partial charge in [0.1, 0.15) is 23.6 Å². The van der Waals surface area contributed by atoms with Gasteiger partial charge in [-0.2, -0.15) is 5.26 Å². The second-order valence-electron chi connectivity index (χ2n) is 4.44. The van der Waals surface area contributed by atoms with E-state index in [1.165, 1.54) is 12.3 Å². The zero-order chi connectivity index (χ0) is 13.8. The van der Waals surface area contributed by atoms with Crippen molar-refractivity contribution in [2.45, 2.75) is 19.4 Å². The Morgan fingerprint density at radius 3 is 2.89 bits per heavy atom. The highest BCUT2D eigenvalue weighted by Gasteiger charge is 2.27. The van der Waals surface area contributed by atoms with E-state index in [1.807, 2.05) is 6.07 Å².